The van der Waals surface area contributed by atoms with Gasteiger partial charge in [0.2, 0.25) is 17.7 Å². The number of nitrogens with zero attached hydrogens (tertiary/aromatic N) is 1. The van der Waals surface area contributed by atoms with Crippen LogP contribution >= 0.6 is 0 Å². The Morgan fingerprint density at radius 2 is 1.90 bits per heavy atom. The van der Waals surface area contributed by atoms with Gasteiger partial charge in [-0.15, -0.1) is 0 Å². The van der Waals surface area contributed by atoms with E-state index in [9.17, 15) is 19.2 Å². The molecule has 4 amide bonds. The second-order valence-corrected chi connectivity index (χ2v) is 12.4. The van der Waals surface area contributed by atoms with Gasteiger partial charge in [-0.2, -0.15) is 0 Å². The van der Waals surface area contributed by atoms with Crippen LogP contribution in [-0.2, 0) is 25.7 Å². The van der Waals surface area contributed by atoms with E-state index in [1.54, 1.807) is 33.0 Å². The predicted octanol–water partition coefficient (Wildman–Crippen LogP) is 3.85. The highest BCUT2D eigenvalue weighted by Crippen LogP contribution is 2.76. The molecule has 40 heavy (non-hydrogen) atoms. The van der Waals surface area contributed by atoms with E-state index in [1.807, 2.05) is 30.3 Å². The first-order valence-corrected chi connectivity index (χ1v) is 14.4. The monoisotopic (exact) mass is 548 g/mol. The molecular formula is C31H40N4O5. The number of carbonyl (C=O) groups is 4. The van der Waals surface area contributed by atoms with Crippen molar-refractivity contribution in [3.63, 3.8) is 0 Å². The average Bonchev–Trinajstić information content (AvgIpc) is 3.68. The van der Waals surface area contributed by atoms with Crippen molar-refractivity contribution in [2.45, 2.75) is 102 Å². The lowest BCUT2D eigenvalue weighted by atomic mass is 10.0. The van der Waals surface area contributed by atoms with Gasteiger partial charge in [-0.25, -0.2) is 4.79 Å². The molecule has 2 aliphatic carbocycles. The Kier molecular flexibility index (Phi) is 7.50. The molecule has 0 bridgehead atoms. The number of fused-ring (bicyclic) bond motifs is 1. The fourth-order valence-electron chi connectivity index (χ4n) is 6.11. The molecule has 1 spiro atoms. The first-order valence-electron chi connectivity index (χ1n) is 14.4. The van der Waals surface area contributed by atoms with Crippen molar-refractivity contribution in [3.05, 3.63) is 59.8 Å². The van der Waals surface area contributed by atoms with Gasteiger partial charge in [0, 0.05) is 18.2 Å². The highest BCUT2D eigenvalue weighted by Gasteiger charge is 2.81. The summed E-state index contributed by atoms with van der Waals surface area (Å²) in [5.74, 6) is -0.902. The molecule has 4 atom stereocenters. The van der Waals surface area contributed by atoms with Gasteiger partial charge in [0.25, 0.3) is 0 Å². The molecule has 9 nitrogen and oxygen atoms in total. The zero-order valence-corrected chi connectivity index (χ0v) is 23.6. The lowest BCUT2D eigenvalue weighted by Crippen LogP contribution is -2.57. The van der Waals surface area contributed by atoms with Crippen molar-refractivity contribution in [1.82, 2.24) is 20.9 Å². The Balaban J connectivity index is 1.35. The number of nitrogens with one attached hydrogen (secondary N) is 3. The van der Waals surface area contributed by atoms with E-state index < -0.39 is 29.3 Å². The van der Waals surface area contributed by atoms with Gasteiger partial charge in [0.15, 0.2) is 0 Å². The van der Waals surface area contributed by atoms with E-state index in [0.717, 1.165) is 37.7 Å². The van der Waals surface area contributed by atoms with Crippen molar-refractivity contribution >= 4 is 23.8 Å². The summed E-state index contributed by atoms with van der Waals surface area (Å²) in [6.45, 7) is 5.68. The van der Waals surface area contributed by atoms with Crippen LogP contribution in [0.25, 0.3) is 0 Å². The third kappa shape index (κ3) is 5.64. The predicted molar refractivity (Wildman–Crippen MR) is 150 cm³/mol. The molecule has 4 aliphatic rings. The number of hydrogen-bond acceptors (Lipinski definition) is 5. The summed E-state index contributed by atoms with van der Waals surface area (Å²) in [6, 6.07) is 8.08. The molecule has 2 fully saturated rings. The Hall–Kier alpha value is -3.62. The van der Waals surface area contributed by atoms with Gasteiger partial charge in [0.05, 0.1) is 0 Å². The van der Waals surface area contributed by atoms with E-state index in [0.29, 0.717) is 25.8 Å². The molecule has 214 valence electrons. The number of benzene rings is 1. The van der Waals surface area contributed by atoms with Gasteiger partial charge in [-0.05, 0) is 64.9 Å². The van der Waals surface area contributed by atoms with Gasteiger partial charge >= 0.3 is 6.09 Å². The maximum Gasteiger partial charge on any atom is 0.408 e. The molecule has 1 unspecified atom stereocenters. The van der Waals surface area contributed by atoms with E-state index in [4.69, 9.17) is 4.74 Å². The van der Waals surface area contributed by atoms with Crippen LogP contribution < -0.4 is 16.0 Å². The summed E-state index contributed by atoms with van der Waals surface area (Å²) in [7, 11) is 0. The quantitative estimate of drug-likeness (QED) is 0.494. The fourth-order valence-corrected chi connectivity index (χ4v) is 6.11. The van der Waals surface area contributed by atoms with Crippen LogP contribution in [0.3, 0.4) is 0 Å². The number of carbonyl (C=O) groups excluding carboxylic acids is 4. The lowest BCUT2D eigenvalue weighted by Gasteiger charge is -2.30. The summed E-state index contributed by atoms with van der Waals surface area (Å²) < 4.78 is 5.41. The topological polar surface area (TPSA) is 117 Å². The first-order chi connectivity index (χ1) is 19.0. The molecule has 0 aromatic heterocycles. The van der Waals surface area contributed by atoms with Crippen molar-refractivity contribution < 1.29 is 23.9 Å². The van der Waals surface area contributed by atoms with Gasteiger partial charge in [-0.3, -0.25) is 14.4 Å². The minimum Gasteiger partial charge on any atom is -0.444 e. The Morgan fingerprint density at radius 1 is 1.12 bits per heavy atom. The third-order valence-corrected chi connectivity index (χ3v) is 8.36. The van der Waals surface area contributed by atoms with E-state index >= 15 is 0 Å². The Morgan fingerprint density at radius 3 is 2.65 bits per heavy atom. The zero-order valence-electron chi connectivity index (χ0n) is 23.6. The summed E-state index contributed by atoms with van der Waals surface area (Å²) in [4.78, 5) is 55.0. The standard InChI is InChI=1S/C31H40N4O5/c1-29(2,3)40-28(39)33-23-15-10-5-4-9-14-22-18-30(22)20-31(30,27(38)32-19-21-12-7-6-8-13-21)34-25(36)24-16-11-17-35(24)26(23)37/h6-8,11-14,17,23-24H,4-5,9-10,15-16,18-20H2,1-3H3,(H,32,38)(H,33,39)(H,34,36)/b22-14-/t23-,24-,30?,31-/m0/s1. The summed E-state index contributed by atoms with van der Waals surface area (Å²) in [5, 5.41) is 8.88. The van der Waals surface area contributed by atoms with Gasteiger partial charge in [0.1, 0.15) is 23.2 Å². The lowest BCUT2D eigenvalue weighted by molar-refractivity contribution is -0.139. The zero-order chi connectivity index (χ0) is 28.5. The van der Waals surface area contributed by atoms with Crippen LogP contribution in [0.1, 0.15) is 77.7 Å². The molecular weight excluding hydrogens is 508 g/mol. The highest BCUT2D eigenvalue weighted by molar-refractivity contribution is 6.01. The van der Waals surface area contributed by atoms with Crippen LogP contribution in [0.15, 0.2) is 54.3 Å². The number of rotatable bonds is 4. The number of amides is 4. The maximum absolute atomic E-state index is 13.7. The average molecular weight is 549 g/mol. The number of ether oxygens (including phenoxy) is 1. The minimum atomic E-state index is -1.02. The van der Waals surface area contributed by atoms with Crippen molar-refractivity contribution in [3.8, 4) is 0 Å². The fraction of sp³-hybridized carbons (Fsp3) is 0.548. The van der Waals surface area contributed by atoms with Crippen molar-refractivity contribution in [2.75, 3.05) is 0 Å². The Labute approximate surface area is 235 Å². The largest absolute Gasteiger partial charge is 0.444 e. The Bertz CT molecular complexity index is 1240. The van der Waals surface area contributed by atoms with E-state index in [-0.39, 0.29) is 23.1 Å². The normalized spacial score (nSPS) is 31.2. The van der Waals surface area contributed by atoms with Crippen LogP contribution in [0, 0.1) is 5.41 Å². The molecule has 9 heteroatoms. The molecule has 2 heterocycles. The van der Waals surface area contributed by atoms with Crippen molar-refractivity contribution in [2.24, 2.45) is 5.41 Å². The van der Waals surface area contributed by atoms with Crippen LogP contribution in [0.4, 0.5) is 4.79 Å². The minimum absolute atomic E-state index is 0.189. The molecule has 3 N–H and O–H groups in total. The molecule has 2 saturated carbocycles. The van der Waals surface area contributed by atoms with Gasteiger partial charge < -0.3 is 25.6 Å². The third-order valence-electron chi connectivity index (χ3n) is 8.36. The summed E-state index contributed by atoms with van der Waals surface area (Å²) in [5.41, 5.74) is 0.172. The smallest absolute Gasteiger partial charge is 0.408 e. The maximum atomic E-state index is 13.7. The molecule has 1 aromatic carbocycles. The number of allylic oxidation sites excluding steroid dienone is 1. The van der Waals surface area contributed by atoms with Crippen LogP contribution in [-0.4, -0.2) is 51.9 Å². The van der Waals surface area contributed by atoms with Gasteiger partial charge in [-0.1, -0.05) is 60.9 Å². The van der Waals surface area contributed by atoms with E-state index in [1.165, 1.54) is 10.5 Å². The van der Waals surface area contributed by atoms with Crippen LogP contribution in [0.5, 0.6) is 0 Å². The molecule has 2 aliphatic heterocycles. The molecule has 1 aromatic rings. The number of hydrogen-bond donors (Lipinski definition) is 3. The van der Waals surface area contributed by atoms with Crippen molar-refractivity contribution in [1.29, 1.82) is 0 Å². The number of alkyl carbamates (subject to hydrolysis) is 1. The first kappa shape index (κ1) is 27.9. The summed E-state index contributed by atoms with van der Waals surface area (Å²) in [6.07, 6.45) is 10.6. The second-order valence-electron chi connectivity index (χ2n) is 12.4. The summed E-state index contributed by atoms with van der Waals surface area (Å²) >= 11 is 0. The molecule has 0 radical (unpaired) electrons. The van der Waals surface area contributed by atoms with E-state index in [2.05, 4.69) is 22.0 Å². The molecule has 0 saturated heterocycles. The molecule has 5 rings (SSSR count). The second kappa shape index (κ2) is 10.7. The highest BCUT2D eigenvalue weighted by atomic mass is 16.6. The van der Waals surface area contributed by atoms with Crippen LogP contribution in [0.2, 0.25) is 0 Å². The SMILES string of the molecule is CC(C)(C)OC(=O)N[C@H]1CCCCC/C=C2/CC23C[C@@]3(C(=O)NCc2ccccc2)NC(=O)[C@@H]2CC=CN2C1=O.